The Balaban J connectivity index is 2.08. The van der Waals surface area contributed by atoms with E-state index in [2.05, 4.69) is 5.32 Å². The minimum Gasteiger partial charge on any atom is -0.497 e. The van der Waals surface area contributed by atoms with Gasteiger partial charge in [0.15, 0.2) is 0 Å². The van der Waals surface area contributed by atoms with Crippen molar-refractivity contribution in [2.24, 2.45) is 0 Å². The Morgan fingerprint density at radius 1 is 1.00 bits per heavy atom. The van der Waals surface area contributed by atoms with E-state index in [1.54, 1.807) is 69.5 Å². The third-order valence-electron chi connectivity index (χ3n) is 6.47. The molecule has 3 aromatic rings. The van der Waals surface area contributed by atoms with E-state index in [1.165, 1.54) is 17.0 Å². The number of methoxy groups -OCH3 is 1. The van der Waals surface area contributed by atoms with E-state index in [1.807, 2.05) is 33.8 Å². The lowest BCUT2D eigenvalue weighted by Gasteiger charge is -2.34. The van der Waals surface area contributed by atoms with Gasteiger partial charge in [-0.3, -0.25) is 13.9 Å². The second-order valence-electron chi connectivity index (χ2n) is 11.0. The molecule has 0 radical (unpaired) electrons. The summed E-state index contributed by atoms with van der Waals surface area (Å²) in [6.45, 7) is 10.3. The summed E-state index contributed by atoms with van der Waals surface area (Å²) in [5, 5.41) is 3.36. The highest BCUT2D eigenvalue weighted by Crippen LogP contribution is 2.29. The Hall–Kier alpha value is -3.56. The predicted molar refractivity (Wildman–Crippen MR) is 163 cm³/mol. The van der Waals surface area contributed by atoms with Gasteiger partial charge >= 0.3 is 0 Å². The van der Waals surface area contributed by atoms with E-state index < -0.39 is 34.1 Å². The summed E-state index contributed by atoms with van der Waals surface area (Å²) in [4.78, 5) is 28.8. The quantitative estimate of drug-likeness (QED) is 0.332. The van der Waals surface area contributed by atoms with Gasteiger partial charge in [-0.25, -0.2) is 8.42 Å². The van der Waals surface area contributed by atoms with Crippen LogP contribution in [-0.2, 0) is 26.2 Å². The van der Waals surface area contributed by atoms with Crippen LogP contribution in [0.4, 0.5) is 5.69 Å². The largest absolute Gasteiger partial charge is 0.497 e. The second kappa shape index (κ2) is 13.0. The lowest BCUT2D eigenvalue weighted by molar-refractivity contribution is -0.140. The van der Waals surface area contributed by atoms with E-state index in [4.69, 9.17) is 16.3 Å². The molecule has 0 aliphatic rings. The van der Waals surface area contributed by atoms with E-state index in [9.17, 15) is 18.0 Å². The molecule has 2 amide bonds. The van der Waals surface area contributed by atoms with E-state index >= 15 is 0 Å². The van der Waals surface area contributed by atoms with Crippen LogP contribution in [0.5, 0.6) is 5.75 Å². The van der Waals surface area contributed by atoms with Gasteiger partial charge in [-0.05, 0) is 95.1 Å². The average Bonchev–Trinajstić information content (AvgIpc) is 2.89. The van der Waals surface area contributed by atoms with Crippen molar-refractivity contribution in [3.8, 4) is 5.75 Å². The maximum Gasteiger partial charge on any atom is 0.264 e. The fourth-order valence-electron chi connectivity index (χ4n) is 4.27. The monoisotopic (exact) mass is 599 g/mol. The molecule has 0 heterocycles. The summed E-state index contributed by atoms with van der Waals surface area (Å²) in [6.07, 6.45) is 0. The molecule has 0 aliphatic heterocycles. The molecule has 0 saturated carbocycles. The minimum absolute atomic E-state index is 0.0446. The van der Waals surface area contributed by atoms with Gasteiger partial charge in [0.1, 0.15) is 18.3 Å². The fraction of sp³-hybridized carbons (Fsp3) is 0.355. The van der Waals surface area contributed by atoms with E-state index in [0.29, 0.717) is 22.0 Å². The molecule has 3 rings (SSSR count). The lowest BCUT2D eigenvalue weighted by atomic mass is 10.1. The average molecular weight is 600 g/mol. The van der Waals surface area contributed by atoms with Crippen molar-refractivity contribution in [3.63, 3.8) is 0 Å². The molecule has 0 fully saturated rings. The van der Waals surface area contributed by atoms with Crippen LogP contribution in [0.2, 0.25) is 5.02 Å². The van der Waals surface area contributed by atoms with Gasteiger partial charge in [0.2, 0.25) is 11.8 Å². The Labute approximate surface area is 248 Å². The molecule has 41 heavy (non-hydrogen) atoms. The number of amides is 2. The molecule has 3 aromatic carbocycles. The number of anilines is 1. The number of aryl methyl sites for hydroxylation is 2. The fourth-order valence-corrected chi connectivity index (χ4v) is 5.98. The zero-order chi connectivity index (χ0) is 30.5. The molecule has 0 saturated heterocycles. The number of nitrogens with zero attached hydrogens (tertiary/aromatic N) is 2. The highest BCUT2D eigenvalue weighted by molar-refractivity contribution is 7.92. The van der Waals surface area contributed by atoms with Crippen LogP contribution < -0.4 is 14.4 Å². The maximum absolute atomic E-state index is 14.1. The van der Waals surface area contributed by atoms with Crippen LogP contribution in [0.3, 0.4) is 0 Å². The first-order valence-corrected chi connectivity index (χ1v) is 15.0. The number of benzene rings is 3. The Morgan fingerprint density at radius 2 is 1.66 bits per heavy atom. The van der Waals surface area contributed by atoms with Crippen LogP contribution in [0, 0.1) is 13.8 Å². The molecule has 220 valence electrons. The third-order valence-corrected chi connectivity index (χ3v) is 8.48. The zero-order valence-corrected chi connectivity index (χ0v) is 26.1. The summed E-state index contributed by atoms with van der Waals surface area (Å²) < 4.78 is 34.4. The summed E-state index contributed by atoms with van der Waals surface area (Å²) in [7, 11) is -2.63. The normalized spacial score (nSPS) is 12.4. The van der Waals surface area contributed by atoms with Crippen molar-refractivity contribution in [1.82, 2.24) is 10.2 Å². The second-order valence-corrected chi connectivity index (χ2v) is 13.3. The molecule has 10 heteroatoms. The van der Waals surface area contributed by atoms with E-state index in [-0.39, 0.29) is 17.3 Å². The molecular formula is C31H38ClN3O5S. The lowest BCUT2D eigenvalue weighted by Crippen LogP contribution is -2.54. The van der Waals surface area contributed by atoms with Crippen LogP contribution in [0.25, 0.3) is 0 Å². The Kier molecular flexibility index (Phi) is 10.1. The maximum atomic E-state index is 14.1. The molecule has 1 atom stereocenters. The SMILES string of the molecule is COc1cccc(CN(C(=O)CN(c2ccc(Cl)cc2C)S(=O)(=O)c2ccc(C)cc2)C(C)C(=O)NC(C)(C)C)c1. The molecule has 0 bridgehead atoms. The molecule has 0 spiro atoms. The highest BCUT2D eigenvalue weighted by Gasteiger charge is 2.34. The molecular weight excluding hydrogens is 562 g/mol. The van der Waals surface area contributed by atoms with Crippen molar-refractivity contribution in [2.45, 2.75) is 64.6 Å². The van der Waals surface area contributed by atoms with Gasteiger partial charge < -0.3 is 15.0 Å². The first kappa shape index (κ1) is 32.0. The number of halogens is 1. The summed E-state index contributed by atoms with van der Waals surface area (Å²) in [6, 6.07) is 17.5. The number of hydrogen-bond donors (Lipinski definition) is 1. The van der Waals surface area contributed by atoms with Gasteiger partial charge in [-0.1, -0.05) is 41.4 Å². The number of sulfonamides is 1. The smallest absolute Gasteiger partial charge is 0.264 e. The zero-order valence-electron chi connectivity index (χ0n) is 24.6. The number of carbonyl (C=O) groups excluding carboxylic acids is 2. The summed E-state index contributed by atoms with van der Waals surface area (Å²) >= 11 is 6.17. The standard InChI is InChI=1S/C31H38ClN3O5S/c1-21-11-14-27(15-12-21)41(38,39)35(28-16-13-25(32)17-22(28)2)20-29(36)34(23(3)30(37)33-31(4,5)6)19-24-9-8-10-26(18-24)40-7/h8-18,23H,19-20H2,1-7H3,(H,33,37). The summed E-state index contributed by atoms with van der Waals surface area (Å²) in [5.41, 5.74) is 1.99. The molecule has 1 N–H and O–H groups in total. The van der Waals surface area contributed by atoms with Crippen molar-refractivity contribution in [1.29, 1.82) is 0 Å². The number of ether oxygens (including phenoxy) is 1. The van der Waals surface area contributed by atoms with Crippen LogP contribution in [0.15, 0.2) is 71.6 Å². The van der Waals surface area contributed by atoms with Crippen LogP contribution >= 0.6 is 11.6 Å². The molecule has 8 nitrogen and oxygen atoms in total. The third kappa shape index (κ3) is 8.24. The molecule has 1 unspecified atom stereocenters. The van der Waals surface area contributed by atoms with Gasteiger partial charge in [0.05, 0.1) is 17.7 Å². The number of hydrogen-bond acceptors (Lipinski definition) is 5. The first-order chi connectivity index (χ1) is 19.1. The summed E-state index contributed by atoms with van der Waals surface area (Å²) in [5.74, 6) is -0.305. The number of nitrogens with one attached hydrogen (secondary N) is 1. The van der Waals surface area contributed by atoms with Crippen molar-refractivity contribution >= 4 is 39.1 Å². The van der Waals surface area contributed by atoms with Gasteiger partial charge in [0, 0.05) is 17.1 Å². The minimum atomic E-state index is -4.17. The van der Waals surface area contributed by atoms with Gasteiger partial charge in [-0.15, -0.1) is 0 Å². The van der Waals surface area contributed by atoms with E-state index in [0.717, 1.165) is 15.4 Å². The topological polar surface area (TPSA) is 96.0 Å². The Morgan fingerprint density at radius 3 is 2.24 bits per heavy atom. The number of carbonyl (C=O) groups is 2. The van der Waals surface area contributed by atoms with Gasteiger partial charge in [-0.2, -0.15) is 0 Å². The predicted octanol–water partition coefficient (Wildman–Crippen LogP) is 5.49. The van der Waals surface area contributed by atoms with Crippen molar-refractivity contribution in [2.75, 3.05) is 18.0 Å². The molecule has 0 aromatic heterocycles. The van der Waals surface area contributed by atoms with Crippen LogP contribution in [-0.4, -0.2) is 50.4 Å². The molecule has 0 aliphatic carbocycles. The first-order valence-electron chi connectivity index (χ1n) is 13.2. The highest BCUT2D eigenvalue weighted by atomic mass is 35.5. The van der Waals surface area contributed by atoms with Crippen molar-refractivity contribution in [3.05, 3.63) is 88.4 Å². The Bertz CT molecular complexity index is 1500. The van der Waals surface area contributed by atoms with Crippen molar-refractivity contribution < 1.29 is 22.7 Å². The van der Waals surface area contributed by atoms with Gasteiger partial charge in [0.25, 0.3) is 10.0 Å². The van der Waals surface area contributed by atoms with Crippen LogP contribution in [0.1, 0.15) is 44.4 Å². The number of rotatable bonds is 10.